The average Bonchev–Trinajstić information content (AvgIpc) is 2.77. The van der Waals surface area contributed by atoms with E-state index in [2.05, 4.69) is 23.9 Å². The fraction of sp³-hybridized carbons (Fsp3) is 0.769. The van der Waals surface area contributed by atoms with Gasteiger partial charge in [0.1, 0.15) is 0 Å². The Hall–Kier alpha value is -0.870. The maximum atomic E-state index is 5.51. The minimum absolute atomic E-state index is 0.457. The molecule has 1 fully saturated rings. The summed E-state index contributed by atoms with van der Waals surface area (Å²) in [4.78, 5) is 2.44. The summed E-state index contributed by atoms with van der Waals surface area (Å²) in [7, 11) is 0. The topological polar surface area (TPSA) is 55.3 Å². The molecule has 0 unspecified atom stereocenters. The van der Waals surface area contributed by atoms with Gasteiger partial charge in [-0.2, -0.15) is 0 Å². The van der Waals surface area contributed by atoms with Gasteiger partial charge in [-0.05, 0) is 37.8 Å². The van der Waals surface area contributed by atoms with E-state index in [1.54, 1.807) is 0 Å². The van der Waals surface area contributed by atoms with E-state index in [-0.39, 0.29) is 0 Å². The largest absolute Gasteiger partial charge is 0.360 e. The molecule has 0 bridgehead atoms. The highest BCUT2D eigenvalue weighted by atomic mass is 16.5. The molecule has 0 aliphatic carbocycles. The molecular formula is C13H23N3O. The Morgan fingerprint density at radius 1 is 1.47 bits per heavy atom. The molecule has 0 spiro atoms. The highest BCUT2D eigenvalue weighted by Crippen LogP contribution is 2.25. The maximum absolute atomic E-state index is 5.51. The molecule has 4 nitrogen and oxygen atoms in total. The maximum Gasteiger partial charge on any atom is 0.151 e. The molecule has 2 heterocycles. The van der Waals surface area contributed by atoms with E-state index < -0.39 is 0 Å². The normalized spacial score (nSPS) is 19.1. The van der Waals surface area contributed by atoms with Gasteiger partial charge in [0.15, 0.2) is 5.76 Å². The zero-order chi connectivity index (χ0) is 12.3. The molecule has 0 amide bonds. The lowest BCUT2D eigenvalue weighted by atomic mass is 9.87. The van der Waals surface area contributed by atoms with Crippen molar-refractivity contribution in [2.75, 3.05) is 13.1 Å². The highest BCUT2D eigenvalue weighted by molar-refractivity contribution is 5.04. The molecule has 17 heavy (non-hydrogen) atoms. The second-order valence-corrected chi connectivity index (χ2v) is 5.35. The minimum atomic E-state index is 0.457. The SMILES string of the molecule is CC(C)C1CCN(Cc2cc(CN)no2)CC1. The van der Waals surface area contributed by atoms with Gasteiger partial charge in [-0.3, -0.25) is 4.90 Å². The van der Waals surface area contributed by atoms with Crippen LogP contribution in [0.5, 0.6) is 0 Å². The van der Waals surface area contributed by atoms with Gasteiger partial charge in [-0.25, -0.2) is 0 Å². The van der Waals surface area contributed by atoms with E-state index in [9.17, 15) is 0 Å². The van der Waals surface area contributed by atoms with Gasteiger partial charge in [0.2, 0.25) is 0 Å². The van der Waals surface area contributed by atoms with Gasteiger partial charge in [0.05, 0.1) is 12.2 Å². The number of likely N-dealkylation sites (tertiary alicyclic amines) is 1. The quantitative estimate of drug-likeness (QED) is 0.870. The molecule has 0 radical (unpaired) electrons. The van der Waals surface area contributed by atoms with Crippen molar-refractivity contribution in [3.05, 3.63) is 17.5 Å². The lowest BCUT2D eigenvalue weighted by molar-refractivity contribution is 0.140. The van der Waals surface area contributed by atoms with Crippen molar-refractivity contribution in [2.24, 2.45) is 17.6 Å². The third-order valence-electron chi connectivity index (χ3n) is 3.77. The van der Waals surface area contributed by atoms with Crippen LogP contribution in [0, 0.1) is 11.8 Å². The number of hydrogen-bond acceptors (Lipinski definition) is 4. The van der Waals surface area contributed by atoms with Crippen LogP contribution in [-0.2, 0) is 13.1 Å². The summed E-state index contributed by atoms with van der Waals surface area (Å²) in [6.07, 6.45) is 2.60. The smallest absolute Gasteiger partial charge is 0.151 e. The molecule has 1 aromatic heterocycles. The first-order valence-corrected chi connectivity index (χ1v) is 6.56. The Labute approximate surface area is 103 Å². The lowest BCUT2D eigenvalue weighted by Crippen LogP contribution is -2.34. The van der Waals surface area contributed by atoms with Crippen molar-refractivity contribution in [1.82, 2.24) is 10.1 Å². The third-order valence-corrected chi connectivity index (χ3v) is 3.77. The van der Waals surface area contributed by atoms with Crippen LogP contribution in [0.15, 0.2) is 10.6 Å². The predicted octanol–water partition coefficient (Wildman–Crippen LogP) is 2.00. The molecule has 0 saturated carbocycles. The second kappa shape index (κ2) is 5.65. The van der Waals surface area contributed by atoms with Gasteiger partial charge in [-0.15, -0.1) is 0 Å². The molecule has 96 valence electrons. The summed E-state index contributed by atoms with van der Waals surface area (Å²) in [5.41, 5.74) is 6.36. The van der Waals surface area contributed by atoms with Crippen LogP contribution < -0.4 is 5.73 Å². The molecule has 0 aromatic carbocycles. The van der Waals surface area contributed by atoms with Gasteiger partial charge in [0, 0.05) is 12.6 Å². The van der Waals surface area contributed by atoms with Crippen LogP contribution in [0.3, 0.4) is 0 Å². The number of hydrogen-bond donors (Lipinski definition) is 1. The van der Waals surface area contributed by atoms with Crippen molar-refractivity contribution >= 4 is 0 Å². The Kier molecular flexibility index (Phi) is 4.18. The fourth-order valence-electron chi connectivity index (χ4n) is 2.52. The van der Waals surface area contributed by atoms with Crippen LogP contribution in [0.4, 0.5) is 0 Å². The molecule has 1 aliphatic heterocycles. The zero-order valence-electron chi connectivity index (χ0n) is 10.9. The molecule has 2 N–H and O–H groups in total. The predicted molar refractivity (Wildman–Crippen MR) is 67.2 cm³/mol. The molecule has 1 saturated heterocycles. The Morgan fingerprint density at radius 3 is 2.71 bits per heavy atom. The number of nitrogens with two attached hydrogens (primary N) is 1. The summed E-state index contributed by atoms with van der Waals surface area (Å²) in [5, 5.41) is 3.92. The number of aromatic nitrogens is 1. The number of rotatable bonds is 4. The summed E-state index contributed by atoms with van der Waals surface area (Å²) in [6.45, 7) is 8.31. The van der Waals surface area contributed by atoms with Crippen molar-refractivity contribution in [3.63, 3.8) is 0 Å². The second-order valence-electron chi connectivity index (χ2n) is 5.35. The molecule has 4 heteroatoms. The van der Waals surface area contributed by atoms with Crippen LogP contribution in [0.2, 0.25) is 0 Å². The van der Waals surface area contributed by atoms with Crippen molar-refractivity contribution < 1.29 is 4.52 Å². The van der Waals surface area contributed by atoms with Crippen LogP contribution in [-0.4, -0.2) is 23.1 Å². The van der Waals surface area contributed by atoms with Crippen molar-refractivity contribution in [2.45, 2.75) is 39.8 Å². The van der Waals surface area contributed by atoms with Gasteiger partial charge < -0.3 is 10.3 Å². The molecule has 1 aliphatic rings. The van der Waals surface area contributed by atoms with Gasteiger partial charge in [-0.1, -0.05) is 19.0 Å². The van der Waals surface area contributed by atoms with Crippen molar-refractivity contribution in [3.8, 4) is 0 Å². The molecular weight excluding hydrogens is 214 g/mol. The first kappa shape index (κ1) is 12.6. The van der Waals surface area contributed by atoms with Crippen LogP contribution in [0.25, 0.3) is 0 Å². The zero-order valence-corrected chi connectivity index (χ0v) is 10.9. The Bertz CT molecular complexity index is 340. The summed E-state index contributed by atoms with van der Waals surface area (Å²) in [6, 6.07) is 1.97. The summed E-state index contributed by atoms with van der Waals surface area (Å²) >= 11 is 0. The standard InChI is InChI=1S/C13H23N3O/c1-10(2)11-3-5-16(6-4-11)9-13-7-12(8-14)15-17-13/h7,10-11H,3-6,8-9,14H2,1-2H3. The summed E-state index contributed by atoms with van der Waals surface area (Å²) < 4.78 is 5.26. The van der Waals surface area contributed by atoms with E-state index in [0.29, 0.717) is 6.54 Å². The first-order valence-electron chi connectivity index (χ1n) is 6.56. The van der Waals surface area contributed by atoms with Gasteiger partial charge >= 0.3 is 0 Å². The Balaban J connectivity index is 1.81. The van der Waals surface area contributed by atoms with E-state index in [1.165, 1.54) is 25.9 Å². The third kappa shape index (κ3) is 3.30. The van der Waals surface area contributed by atoms with E-state index in [1.807, 2.05) is 6.07 Å². The minimum Gasteiger partial charge on any atom is -0.360 e. The molecule has 2 rings (SSSR count). The van der Waals surface area contributed by atoms with Crippen molar-refractivity contribution in [1.29, 1.82) is 0 Å². The van der Waals surface area contributed by atoms with E-state index in [0.717, 1.165) is 29.8 Å². The van der Waals surface area contributed by atoms with Gasteiger partial charge in [0.25, 0.3) is 0 Å². The van der Waals surface area contributed by atoms with E-state index in [4.69, 9.17) is 10.3 Å². The van der Waals surface area contributed by atoms with Crippen LogP contribution in [0.1, 0.15) is 38.1 Å². The monoisotopic (exact) mass is 237 g/mol. The van der Waals surface area contributed by atoms with E-state index >= 15 is 0 Å². The highest BCUT2D eigenvalue weighted by Gasteiger charge is 2.22. The lowest BCUT2D eigenvalue weighted by Gasteiger charge is -2.33. The summed E-state index contributed by atoms with van der Waals surface area (Å²) in [5.74, 6) is 2.64. The Morgan fingerprint density at radius 2 is 2.18 bits per heavy atom. The number of nitrogens with zero attached hydrogens (tertiary/aromatic N) is 2. The molecule has 1 aromatic rings. The fourth-order valence-corrected chi connectivity index (χ4v) is 2.52. The van der Waals surface area contributed by atoms with Crippen LogP contribution >= 0.6 is 0 Å². The average molecular weight is 237 g/mol. The molecule has 0 atom stereocenters. The number of piperidine rings is 1. The first-order chi connectivity index (χ1) is 8.19.